The second-order valence-electron chi connectivity index (χ2n) is 3.91. The third-order valence-corrected chi connectivity index (χ3v) is 4.19. The van der Waals surface area contributed by atoms with Crippen molar-refractivity contribution in [2.45, 2.75) is 31.5 Å². The average Bonchev–Trinajstić information content (AvgIpc) is 2.21. The fourth-order valence-corrected chi connectivity index (χ4v) is 3.11. The summed E-state index contributed by atoms with van der Waals surface area (Å²) < 4.78 is 28.6. The van der Waals surface area contributed by atoms with Crippen molar-refractivity contribution in [2.75, 3.05) is 6.54 Å². The zero-order valence-electron chi connectivity index (χ0n) is 8.09. The Hall–Kier alpha value is -0.910. The molecular formula is C11H15NO3S. The monoisotopic (exact) mass is 241 g/mol. The highest BCUT2D eigenvalue weighted by atomic mass is 32.2. The van der Waals surface area contributed by atoms with Crippen molar-refractivity contribution in [3.05, 3.63) is 29.8 Å². The molecule has 1 atom stereocenters. The van der Waals surface area contributed by atoms with Crippen molar-refractivity contribution < 1.29 is 12.6 Å². The molecule has 5 heteroatoms. The number of hydrogen-bond donors (Lipinski definition) is 0. The first-order valence-electron chi connectivity index (χ1n) is 4.91. The van der Waals surface area contributed by atoms with E-state index in [1.807, 2.05) is 11.0 Å². The molecule has 1 unspecified atom stereocenters. The van der Waals surface area contributed by atoms with Gasteiger partial charge in [-0.1, -0.05) is 19.6 Å². The minimum atomic E-state index is -3.55. The molecule has 88 valence electrons. The number of benzene rings is 1. The van der Waals surface area contributed by atoms with Crippen LogP contribution in [0, 0.1) is 0 Å². The first kappa shape index (κ1) is 11.6. The summed E-state index contributed by atoms with van der Waals surface area (Å²) in [5.74, 6) is 0. The highest BCUT2D eigenvalue weighted by molar-refractivity contribution is 7.86. The molecule has 1 aromatic rings. The smallest absolute Gasteiger partial charge is 0.273 e. The standard InChI is InChI=1S/C10H11NO3S.CH4/c12-15(13)9-3-1-2-8(6-9)7-11-5-4-10(11)14-15;/h1-3,6,10H,4-5,7H2;1H4. The van der Waals surface area contributed by atoms with Gasteiger partial charge >= 0.3 is 0 Å². The molecule has 0 N–H and O–H groups in total. The molecule has 0 amide bonds. The summed E-state index contributed by atoms with van der Waals surface area (Å²) >= 11 is 0. The van der Waals surface area contributed by atoms with Crippen molar-refractivity contribution in [1.82, 2.24) is 4.90 Å². The van der Waals surface area contributed by atoms with Crippen molar-refractivity contribution >= 4 is 10.1 Å². The van der Waals surface area contributed by atoms with Gasteiger partial charge in [0.1, 0.15) is 6.23 Å². The fraction of sp³-hybridized carbons (Fsp3) is 0.455. The second-order valence-corrected chi connectivity index (χ2v) is 5.48. The van der Waals surface area contributed by atoms with Crippen LogP contribution in [-0.2, 0) is 20.8 Å². The molecule has 2 aliphatic heterocycles. The molecule has 16 heavy (non-hydrogen) atoms. The lowest BCUT2D eigenvalue weighted by Crippen LogP contribution is -2.50. The highest BCUT2D eigenvalue weighted by Gasteiger charge is 2.35. The van der Waals surface area contributed by atoms with Crippen LogP contribution in [0.2, 0.25) is 0 Å². The van der Waals surface area contributed by atoms with Crippen LogP contribution in [0.3, 0.4) is 0 Å². The number of hydrogen-bond acceptors (Lipinski definition) is 4. The maximum Gasteiger partial charge on any atom is 0.298 e. The molecular weight excluding hydrogens is 226 g/mol. The largest absolute Gasteiger partial charge is 0.298 e. The normalized spacial score (nSPS) is 26.6. The predicted octanol–water partition coefficient (Wildman–Crippen LogP) is 1.57. The summed E-state index contributed by atoms with van der Waals surface area (Å²) in [4.78, 5) is 2.29. The molecule has 0 saturated carbocycles. The van der Waals surface area contributed by atoms with Gasteiger partial charge in [-0.3, -0.25) is 4.90 Å². The van der Waals surface area contributed by atoms with Gasteiger partial charge in [0.25, 0.3) is 10.1 Å². The minimum absolute atomic E-state index is 0. The SMILES string of the molecule is C.O=S1(=O)OC2CCN2Cc2cccc1c2. The van der Waals surface area contributed by atoms with Gasteiger partial charge in [-0.05, 0) is 17.7 Å². The summed E-state index contributed by atoms with van der Waals surface area (Å²) in [6.45, 7) is 1.68. The average molecular weight is 241 g/mol. The zero-order chi connectivity index (χ0) is 10.5. The molecule has 4 nitrogen and oxygen atoms in total. The van der Waals surface area contributed by atoms with Gasteiger partial charge in [-0.25, -0.2) is 4.18 Å². The van der Waals surface area contributed by atoms with E-state index >= 15 is 0 Å². The van der Waals surface area contributed by atoms with Crippen LogP contribution >= 0.6 is 0 Å². The molecule has 2 heterocycles. The van der Waals surface area contributed by atoms with E-state index in [1.165, 1.54) is 0 Å². The first-order valence-corrected chi connectivity index (χ1v) is 6.32. The summed E-state index contributed by atoms with van der Waals surface area (Å²) in [6, 6.07) is 6.96. The van der Waals surface area contributed by atoms with E-state index in [2.05, 4.69) is 0 Å². The Labute approximate surface area is 96.0 Å². The van der Waals surface area contributed by atoms with Gasteiger partial charge in [-0.2, -0.15) is 8.42 Å². The van der Waals surface area contributed by atoms with Crippen LogP contribution in [0.1, 0.15) is 19.4 Å². The zero-order valence-corrected chi connectivity index (χ0v) is 8.90. The lowest BCUT2D eigenvalue weighted by Gasteiger charge is -2.40. The minimum Gasteiger partial charge on any atom is -0.273 e. The Morgan fingerprint density at radius 2 is 2.19 bits per heavy atom. The fourth-order valence-electron chi connectivity index (χ4n) is 1.94. The van der Waals surface area contributed by atoms with Crippen molar-refractivity contribution in [3.63, 3.8) is 0 Å². The molecule has 0 radical (unpaired) electrons. The predicted molar refractivity (Wildman–Crippen MR) is 60.3 cm³/mol. The van der Waals surface area contributed by atoms with Crippen LogP contribution in [0.15, 0.2) is 29.2 Å². The Morgan fingerprint density at radius 3 is 2.88 bits per heavy atom. The summed E-state index contributed by atoms with van der Waals surface area (Å²) in [6.07, 6.45) is 0.539. The number of rotatable bonds is 0. The molecule has 0 aliphatic carbocycles. The quantitative estimate of drug-likeness (QED) is 0.647. The number of fused-ring (bicyclic) bond motifs is 3. The lowest BCUT2D eigenvalue weighted by molar-refractivity contribution is -0.0574. The molecule has 1 fully saturated rings. The van der Waals surface area contributed by atoms with E-state index < -0.39 is 10.1 Å². The van der Waals surface area contributed by atoms with Gasteiger partial charge in [0.2, 0.25) is 0 Å². The Bertz CT molecular complexity index is 498. The summed E-state index contributed by atoms with van der Waals surface area (Å²) in [5, 5.41) is 0. The van der Waals surface area contributed by atoms with E-state index in [-0.39, 0.29) is 18.6 Å². The van der Waals surface area contributed by atoms with Crippen LogP contribution in [0.25, 0.3) is 0 Å². The van der Waals surface area contributed by atoms with E-state index in [9.17, 15) is 8.42 Å². The molecule has 2 bridgehead atoms. The first-order chi connectivity index (χ1) is 7.15. The topological polar surface area (TPSA) is 46.6 Å². The maximum absolute atomic E-state index is 11.8. The van der Waals surface area contributed by atoms with Gasteiger partial charge in [0.15, 0.2) is 0 Å². The van der Waals surface area contributed by atoms with Crippen LogP contribution < -0.4 is 0 Å². The summed E-state index contributed by atoms with van der Waals surface area (Å²) in [5.41, 5.74) is 1.03. The van der Waals surface area contributed by atoms with Crippen molar-refractivity contribution in [1.29, 1.82) is 0 Å². The second kappa shape index (κ2) is 3.84. The van der Waals surface area contributed by atoms with Crippen molar-refractivity contribution in [2.24, 2.45) is 0 Å². The molecule has 0 spiro atoms. The lowest BCUT2D eigenvalue weighted by atomic mass is 10.1. The van der Waals surface area contributed by atoms with Crippen LogP contribution in [0.5, 0.6) is 0 Å². The van der Waals surface area contributed by atoms with E-state index in [4.69, 9.17) is 4.18 Å². The van der Waals surface area contributed by atoms with E-state index in [1.54, 1.807) is 18.2 Å². The van der Waals surface area contributed by atoms with E-state index in [0.29, 0.717) is 0 Å². The molecule has 1 aromatic carbocycles. The molecule has 0 aromatic heterocycles. The maximum atomic E-state index is 11.8. The molecule has 2 aliphatic rings. The Morgan fingerprint density at radius 1 is 1.38 bits per heavy atom. The summed E-state index contributed by atoms with van der Waals surface area (Å²) in [7, 11) is -3.55. The Kier molecular flexibility index (Phi) is 2.77. The highest BCUT2D eigenvalue weighted by Crippen LogP contribution is 2.29. The van der Waals surface area contributed by atoms with Crippen LogP contribution in [0.4, 0.5) is 0 Å². The molecule has 3 rings (SSSR count). The van der Waals surface area contributed by atoms with Crippen LogP contribution in [-0.4, -0.2) is 26.1 Å². The third-order valence-electron chi connectivity index (χ3n) is 2.88. The van der Waals surface area contributed by atoms with Gasteiger partial charge in [-0.15, -0.1) is 0 Å². The number of nitrogens with zero attached hydrogens (tertiary/aromatic N) is 1. The molecule has 1 saturated heterocycles. The van der Waals surface area contributed by atoms with Gasteiger partial charge in [0.05, 0.1) is 4.90 Å². The third kappa shape index (κ3) is 1.75. The van der Waals surface area contributed by atoms with Gasteiger partial charge < -0.3 is 0 Å². The Balaban J connectivity index is 0.000000963. The van der Waals surface area contributed by atoms with Crippen molar-refractivity contribution in [3.8, 4) is 0 Å². The van der Waals surface area contributed by atoms with E-state index in [0.717, 1.165) is 25.1 Å². The van der Waals surface area contributed by atoms with Gasteiger partial charge in [0, 0.05) is 19.5 Å².